The van der Waals surface area contributed by atoms with E-state index in [1.165, 1.54) is 17.5 Å². The first kappa shape index (κ1) is 21.8. The molecule has 1 amide bonds. The average molecular weight is 474 g/mol. The number of anilines is 2. The number of nitrogens with one attached hydrogen (secondary N) is 2. The number of nitriles is 1. The predicted octanol–water partition coefficient (Wildman–Crippen LogP) is 2.83. The summed E-state index contributed by atoms with van der Waals surface area (Å²) in [7, 11) is 0. The van der Waals surface area contributed by atoms with Crippen molar-refractivity contribution in [3.05, 3.63) is 52.4 Å². The van der Waals surface area contributed by atoms with Gasteiger partial charge in [0.05, 0.1) is 28.7 Å². The Hall–Kier alpha value is -4.04. The lowest BCUT2D eigenvalue weighted by Gasteiger charge is -2.23. The zero-order valence-electron chi connectivity index (χ0n) is 18.7. The second kappa shape index (κ2) is 8.72. The van der Waals surface area contributed by atoms with Crippen molar-refractivity contribution in [1.29, 1.82) is 5.26 Å². The maximum Gasteiger partial charge on any atom is 0.255 e. The summed E-state index contributed by atoms with van der Waals surface area (Å²) in [6.07, 6.45) is 7.05. The van der Waals surface area contributed by atoms with E-state index in [-0.39, 0.29) is 18.0 Å². The summed E-state index contributed by atoms with van der Waals surface area (Å²) < 4.78 is 1.60. The van der Waals surface area contributed by atoms with Gasteiger partial charge in [-0.3, -0.25) is 4.79 Å². The number of rotatable bonds is 5. The van der Waals surface area contributed by atoms with Crippen LogP contribution in [0.15, 0.2) is 30.7 Å². The number of carbonyl (C=O) groups excluding carboxylic acids is 1. The van der Waals surface area contributed by atoms with Crippen LogP contribution in [-0.4, -0.2) is 42.7 Å². The third-order valence-corrected chi connectivity index (χ3v) is 6.57. The topological polar surface area (TPSA) is 147 Å². The predicted molar refractivity (Wildman–Crippen MR) is 130 cm³/mol. The van der Waals surface area contributed by atoms with E-state index in [4.69, 9.17) is 11.0 Å². The van der Waals surface area contributed by atoms with E-state index in [9.17, 15) is 4.79 Å². The van der Waals surface area contributed by atoms with Gasteiger partial charge in [0.15, 0.2) is 16.6 Å². The van der Waals surface area contributed by atoms with Crippen LogP contribution >= 0.6 is 11.3 Å². The summed E-state index contributed by atoms with van der Waals surface area (Å²) in [5, 5.41) is 21.3. The summed E-state index contributed by atoms with van der Waals surface area (Å²) in [6, 6.07) is 5.72. The molecule has 0 aliphatic heterocycles. The minimum Gasteiger partial charge on any atom is -0.382 e. The Balaban J connectivity index is 1.43. The number of amides is 1. The molecule has 0 spiro atoms. The molecule has 4 N–H and O–H groups in total. The first-order valence-electron chi connectivity index (χ1n) is 11.0. The monoisotopic (exact) mass is 473 g/mol. The van der Waals surface area contributed by atoms with Crippen molar-refractivity contribution in [1.82, 2.24) is 30.0 Å². The highest BCUT2D eigenvalue weighted by Gasteiger charge is 2.25. The number of nitrogens with two attached hydrogens (primary N) is 1. The minimum atomic E-state index is -0.185. The molecular formula is C23H23N9OS. The molecule has 11 heteroatoms. The number of hydrogen-bond donors (Lipinski definition) is 3. The highest BCUT2D eigenvalue weighted by molar-refractivity contribution is 7.15. The Kier molecular flexibility index (Phi) is 5.59. The lowest BCUT2D eigenvalue weighted by Crippen LogP contribution is -2.39. The van der Waals surface area contributed by atoms with Gasteiger partial charge in [0, 0.05) is 47.2 Å². The maximum absolute atomic E-state index is 13.2. The quantitative estimate of drug-likeness (QED) is 0.401. The number of aryl methyl sites for hydroxylation is 1. The van der Waals surface area contributed by atoms with Crippen LogP contribution in [0.2, 0.25) is 0 Å². The highest BCUT2D eigenvalue weighted by Crippen LogP contribution is 2.29. The van der Waals surface area contributed by atoms with E-state index in [0.717, 1.165) is 35.2 Å². The number of fused-ring (bicyclic) bond motifs is 2. The zero-order valence-corrected chi connectivity index (χ0v) is 19.6. The van der Waals surface area contributed by atoms with Crippen molar-refractivity contribution in [2.75, 3.05) is 11.1 Å². The summed E-state index contributed by atoms with van der Waals surface area (Å²) in [4.78, 5) is 27.6. The van der Waals surface area contributed by atoms with Gasteiger partial charge >= 0.3 is 0 Å². The van der Waals surface area contributed by atoms with Gasteiger partial charge in [-0.1, -0.05) is 0 Å². The number of carbonyl (C=O) groups is 1. The van der Waals surface area contributed by atoms with Gasteiger partial charge in [0.1, 0.15) is 6.07 Å². The van der Waals surface area contributed by atoms with Crippen LogP contribution in [0.4, 0.5) is 10.8 Å². The fourth-order valence-electron chi connectivity index (χ4n) is 4.10. The van der Waals surface area contributed by atoms with Gasteiger partial charge < -0.3 is 16.4 Å². The van der Waals surface area contributed by atoms with Crippen LogP contribution in [0.1, 0.15) is 46.8 Å². The van der Waals surface area contributed by atoms with Crippen LogP contribution in [0, 0.1) is 11.3 Å². The SMILES string of the molecule is CC(C)Nc1cc(-n2ncc3cc(C#N)cnc32)ncc1C(=O)NC1CCc2nc(N)sc2C1. The Bertz CT molecular complexity index is 1430. The van der Waals surface area contributed by atoms with Crippen LogP contribution in [-0.2, 0) is 12.8 Å². The first-order valence-corrected chi connectivity index (χ1v) is 11.8. The summed E-state index contributed by atoms with van der Waals surface area (Å²) >= 11 is 1.49. The van der Waals surface area contributed by atoms with Crippen LogP contribution in [0.3, 0.4) is 0 Å². The van der Waals surface area contributed by atoms with Crippen LogP contribution in [0.25, 0.3) is 16.9 Å². The minimum absolute atomic E-state index is 0.0139. The molecule has 34 heavy (non-hydrogen) atoms. The molecule has 0 bridgehead atoms. The summed E-state index contributed by atoms with van der Waals surface area (Å²) in [6.45, 7) is 4.01. The largest absolute Gasteiger partial charge is 0.382 e. The Morgan fingerprint density at radius 1 is 1.29 bits per heavy atom. The van der Waals surface area contributed by atoms with Crippen molar-refractivity contribution >= 4 is 39.1 Å². The second-order valence-corrected chi connectivity index (χ2v) is 9.64. The molecule has 0 aromatic carbocycles. The van der Waals surface area contributed by atoms with Crippen LogP contribution < -0.4 is 16.4 Å². The van der Waals surface area contributed by atoms with Gasteiger partial charge in [0.25, 0.3) is 5.91 Å². The Morgan fingerprint density at radius 3 is 2.94 bits per heavy atom. The summed E-state index contributed by atoms with van der Waals surface area (Å²) in [5.41, 5.74) is 9.06. The molecule has 4 aromatic rings. The molecule has 0 saturated heterocycles. The third kappa shape index (κ3) is 4.15. The second-order valence-electron chi connectivity index (χ2n) is 8.53. The Labute approximate surface area is 199 Å². The molecule has 5 rings (SSSR count). The molecule has 4 heterocycles. The normalized spacial score (nSPS) is 15.2. The molecule has 0 fully saturated rings. The van der Waals surface area contributed by atoms with Gasteiger partial charge in [-0.15, -0.1) is 11.3 Å². The first-order chi connectivity index (χ1) is 16.4. The van der Waals surface area contributed by atoms with Crippen molar-refractivity contribution < 1.29 is 4.79 Å². The molecule has 10 nitrogen and oxygen atoms in total. The van der Waals surface area contributed by atoms with E-state index in [0.29, 0.717) is 33.4 Å². The molecule has 4 aromatic heterocycles. The van der Waals surface area contributed by atoms with Gasteiger partial charge in [-0.25, -0.2) is 15.0 Å². The van der Waals surface area contributed by atoms with Crippen molar-refractivity contribution in [3.8, 4) is 11.9 Å². The number of thiazole rings is 1. The van der Waals surface area contributed by atoms with Crippen molar-refractivity contribution in [2.45, 2.75) is 45.2 Å². The molecule has 1 unspecified atom stereocenters. The van der Waals surface area contributed by atoms with Gasteiger partial charge in [-0.2, -0.15) is 15.0 Å². The lowest BCUT2D eigenvalue weighted by molar-refractivity contribution is 0.0934. The van der Waals surface area contributed by atoms with Crippen molar-refractivity contribution in [3.63, 3.8) is 0 Å². The number of nitrogens with zero attached hydrogens (tertiary/aromatic N) is 6. The highest BCUT2D eigenvalue weighted by atomic mass is 32.1. The fourth-order valence-corrected chi connectivity index (χ4v) is 5.06. The number of nitrogen functional groups attached to an aromatic ring is 1. The Morgan fingerprint density at radius 2 is 2.15 bits per heavy atom. The molecule has 1 atom stereocenters. The smallest absolute Gasteiger partial charge is 0.255 e. The maximum atomic E-state index is 13.2. The fraction of sp³-hybridized carbons (Fsp3) is 0.304. The molecule has 0 radical (unpaired) electrons. The van der Waals surface area contributed by atoms with E-state index in [1.807, 2.05) is 13.8 Å². The molecule has 172 valence electrons. The molecule has 1 aliphatic carbocycles. The zero-order chi connectivity index (χ0) is 23.8. The van der Waals surface area contributed by atoms with Crippen LogP contribution in [0.5, 0.6) is 0 Å². The van der Waals surface area contributed by atoms with E-state index in [2.05, 4.69) is 36.8 Å². The molecule has 1 aliphatic rings. The number of pyridine rings is 2. The van der Waals surface area contributed by atoms with Crippen molar-refractivity contribution in [2.24, 2.45) is 0 Å². The van der Waals surface area contributed by atoms with Gasteiger partial charge in [-0.05, 0) is 32.8 Å². The summed E-state index contributed by atoms with van der Waals surface area (Å²) in [5.74, 6) is 0.338. The van der Waals surface area contributed by atoms with E-state index < -0.39 is 0 Å². The average Bonchev–Trinajstić information content (AvgIpc) is 3.40. The lowest BCUT2D eigenvalue weighted by atomic mass is 9.97. The standard InChI is InChI=1S/C23H23N9OS/c1-12(2)29-18-7-20(32-21-14(10-28-32)5-13(8-24)9-27-21)26-11-16(18)22(33)30-15-3-4-17-19(6-15)34-23(25)31-17/h5,7,9-12,15H,3-4,6H2,1-2H3,(H2,25,31)(H,26,29)(H,30,33). The van der Waals surface area contributed by atoms with E-state index >= 15 is 0 Å². The molecular weight excluding hydrogens is 450 g/mol. The van der Waals surface area contributed by atoms with E-state index in [1.54, 1.807) is 29.2 Å². The third-order valence-electron chi connectivity index (χ3n) is 5.62. The number of hydrogen-bond acceptors (Lipinski definition) is 9. The molecule has 0 saturated carbocycles. The van der Waals surface area contributed by atoms with Gasteiger partial charge in [0.2, 0.25) is 0 Å². The number of aromatic nitrogens is 5.